The molecule has 7 nitrogen and oxygen atoms in total. The van der Waals surface area contributed by atoms with E-state index < -0.39 is 16.0 Å². The monoisotopic (exact) mass is 349 g/mol. The number of hydrogen-bond acceptors (Lipinski definition) is 4. The second-order valence-electron chi connectivity index (χ2n) is 6.09. The molecule has 24 heavy (non-hydrogen) atoms. The van der Waals surface area contributed by atoms with E-state index in [1.165, 1.54) is 22.9 Å². The van der Waals surface area contributed by atoms with E-state index in [0.29, 0.717) is 5.69 Å². The number of nitrogens with one attached hydrogen (secondary N) is 1. The van der Waals surface area contributed by atoms with E-state index in [0.717, 1.165) is 31.2 Å². The molecule has 0 radical (unpaired) electrons. The van der Waals surface area contributed by atoms with Crippen LogP contribution < -0.4 is 4.72 Å². The number of nitrogens with zero attached hydrogens (tertiary/aromatic N) is 2. The molecule has 0 amide bonds. The van der Waals surface area contributed by atoms with Gasteiger partial charge in [-0.25, -0.2) is 22.6 Å². The maximum Gasteiger partial charge on any atom is 0.335 e. The fourth-order valence-corrected chi connectivity index (χ4v) is 4.25. The molecule has 0 atom stereocenters. The van der Waals surface area contributed by atoms with Crippen molar-refractivity contribution >= 4 is 16.0 Å². The van der Waals surface area contributed by atoms with Gasteiger partial charge in [0.25, 0.3) is 0 Å². The molecule has 1 aromatic heterocycles. The molecule has 1 aliphatic carbocycles. The zero-order chi connectivity index (χ0) is 17.3. The first-order valence-electron chi connectivity index (χ1n) is 7.77. The lowest BCUT2D eigenvalue weighted by molar-refractivity contribution is 0.0696. The molecule has 128 valence electrons. The fraction of sp³-hybridized carbons (Fsp3) is 0.375. The van der Waals surface area contributed by atoms with Gasteiger partial charge in [-0.2, -0.15) is 5.10 Å². The van der Waals surface area contributed by atoms with E-state index in [-0.39, 0.29) is 16.5 Å². The van der Waals surface area contributed by atoms with Crippen LogP contribution in [0, 0.1) is 6.92 Å². The van der Waals surface area contributed by atoms with Gasteiger partial charge in [0.05, 0.1) is 22.3 Å². The molecule has 8 heteroatoms. The van der Waals surface area contributed by atoms with Gasteiger partial charge in [-0.15, -0.1) is 0 Å². The standard InChI is InChI=1S/C16H19N3O4S/c1-11-9-17-19(10-11)14-6-12(16(20)21)7-15(8-14)24(22,23)18-13-4-2-3-5-13/h6-10,13,18H,2-5H2,1H3,(H,20,21). The third kappa shape index (κ3) is 3.49. The summed E-state index contributed by atoms with van der Waals surface area (Å²) in [5.74, 6) is -1.18. The first kappa shape index (κ1) is 16.7. The topological polar surface area (TPSA) is 101 Å². The number of aromatic nitrogens is 2. The minimum Gasteiger partial charge on any atom is -0.478 e. The Labute approximate surface area is 140 Å². The first-order chi connectivity index (χ1) is 11.3. The van der Waals surface area contributed by atoms with E-state index in [4.69, 9.17) is 0 Å². The smallest absolute Gasteiger partial charge is 0.335 e. The molecule has 0 unspecified atom stereocenters. The number of carboxylic acid groups (broad SMARTS) is 1. The number of sulfonamides is 1. The van der Waals surface area contributed by atoms with Crippen molar-refractivity contribution in [3.05, 3.63) is 41.7 Å². The van der Waals surface area contributed by atoms with E-state index in [2.05, 4.69) is 9.82 Å². The van der Waals surface area contributed by atoms with Gasteiger partial charge in [-0.05, 0) is 43.5 Å². The van der Waals surface area contributed by atoms with Crippen LogP contribution in [0.4, 0.5) is 0 Å². The molecule has 0 spiro atoms. The molecule has 2 aromatic rings. The Balaban J connectivity index is 2.03. The number of hydrogen-bond donors (Lipinski definition) is 2. The van der Waals surface area contributed by atoms with Crippen molar-refractivity contribution in [3.63, 3.8) is 0 Å². The van der Waals surface area contributed by atoms with E-state index >= 15 is 0 Å². The van der Waals surface area contributed by atoms with Crippen molar-refractivity contribution in [2.75, 3.05) is 0 Å². The Bertz CT molecular complexity index is 867. The van der Waals surface area contributed by atoms with Crippen LogP contribution in [0.2, 0.25) is 0 Å². The molecule has 1 fully saturated rings. The summed E-state index contributed by atoms with van der Waals surface area (Å²) in [4.78, 5) is 11.3. The average Bonchev–Trinajstić information content (AvgIpc) is 3.18. The molecular weight excluding hydrogens is 330 g/mol. The summed E-state index contributed by atoms with van der Waals surface area (Å²) in [6, 6.07) is 3.94. The molecule has 1 aliphatic rings. The zero-order valence-corrected chi connectivity index (χ0v) is 14.1. The summed E-state index contributed by atoms with van der Waals surface area (Å²) in [5, 5.41) is 13.4. The summed E-state index contributed by atoms with van der Waals surface area (Å²) < 4.78 is 29.4. The quantitative estimate of drug-likeness (QED) is 0.861. The first-order valence-corrected chi connectivity index (χ1v) is 9.26. The minimum atomic E-state index is -3.78. The Kier molecular flexibility index (Phi) is 4.42. The molecule has 1 heterocycles. The van der Waals surface area contributed by atoms with Gasteiger partial charge in [-0.3, -0.25) is 0 Å². The SMILES string of the molecule is Cc1cnn(-c2cc(C(=O)O)cc(S(=O)(=O)NC3CCCC3)c2)c1. The average molecular weight is 349 g/mol. The molecule has 3 rings (SSSR count). The van der Waals surface area contributed by atoms with Crippen molar-refractivity contribution < 1.29 is 18.3 Å². The Hall–Kier alpha value is -2.19. The van der Waals surface area contributed by atoms with Gasteiger partial charge in [0, 0.05) is 12.2 Å². The lowest BCUT2D eigenvalue weighted by Crippen LogP contribution is -2.32. The van der Waals surface area contributed by atoms with Crippen LogP contribution in [-0.4, -0.2) is 35.3 Å². The maximum absolute atomic E-state index is 12.6. The predicted octanol–water partition coefficient (Wildman–Crippen LogP) is 2.10. The zero-order valence-electron chi connectivity index (χ0n) is 13.3. The molecule has 1 aromatic carbocycles. The predicted molar refractivity (Wildman–Crippen MR) is 87.8 cm³/mol. The highest BCUT2D eigenvalue weighted by Crippen LogP contribution is 2.23. The number of aromatic carboxylic acids is 1. The lowest BCUT2D eigenvalue weighted by atomic mass is 10.2. The molecule has 0 aliphatic heterocycles. The van der Waals surface area contributed by atoms with Crippen molar-refractivity contribution in [1.29, 1.82) is 0 Å². The van der Waals surface area contributed by atoms with Gasteiger partial charge in [0.2, 0.25) is 10.0 Å². The Morgan fingerprint density at radius 3 is 2.58 bits per heavy atom. The van der Waals surface area contributed by atoms with Gasteiger partial charge < -0.3 is 5.11 Å². The highest BCUT2D eigenvalue weighted by molar-refractivity contribution is 7.89. The van der Waals surface area contributed by atoms with E-state index in [1.54, 1.807) is 12.4 Å². The molecule has 1 saturated carbocycles. The van der Waals surface area contributed by atoms with E-state index in [9.17, 15) is 18.3 Å². The maximum atomic E-state index is 12.6. The molecule has 0 saturated heterocycles. The third-order valence-electron chi connectivity index (χ3n) is 4.10. The molecule has 0 bridgehead atoms. The highest BCUT2D eigenvalue weighted by atomic mass is 32.2. The van der Waals surface area contributed by atoms with Crippen LogP contribution in [0.5, 0.6) is 0 Å². The normalized spacial score (nSPS) is 15.7. The Morgan fingerprint density at radius 2 is 2.00 bits per heavy atom. The number of benzene rings is 1. The number of carbonyl (C=O) groups is 1. The third-order valence-corrected chi connectivity index (χ3v) is 5.60. The van der Waals surface area contributed by atoms with Crippen LogP contribution in [0.15, 0.2) is 35.5 Å². The molecular formula is C16H19N3O4S. The largest absolute Gasteiger partial charge is 0.478 e. The number of aryl methyl sites for hydroxylation is 1. The number of rotatable bonds is 5. The van der Waals surface area contributed by atoms with Gasteiger partial charge >= 0.3 is 5.97 Å². The minimum absolute atomic E-state index is 0.0579. The summed E-state index contributed by atoms with van der Waals surface area (Å²) in [5.41, 5.74) is 1.20. The van der Waals surface area contributed by atoms with Crippen LogP contribution in [0.1, 0.15) is 41.6 Å². The summed E-state index contributed by atoms with van der Waals surface area (Å²) in [6.45, 7) is 1.85. The van der Waals surface area contributed by atoms with Crippen molar-refractivity contribution in [2.24, 2.45) is 0 Å². The van der Waals surface area contributed by atoms with Gasteiger partial charge in [-0.1, -0.05) is 12.8 Å². The van der Waals surface area contributed by atoms with Crippen molar-refractivity contribution in [3.8, 4) is 5.69 Å². The highest BCUT2D eigenvalue weighted by Gasteiger charge is 2.24. The van der Waals surface area contributed by atoms with Crippen LogP contribution >= 0.6 is 0 Å². The van der Waals surface area contributed by atoms with Crippen molar-refractivity contribution in [2.45, 2.75) is 43.5 Å². The van der Waals surface area contributed by atoms with Crippen molar-refractivity contribution in [1.82, 2.24) is 14.5 Å². The molecule has 2 N–H and O–H groups in total. The van der Waals surface area contributed by atoms with E-state index in [1.807, 2.05) is 6.92 Å². The number of carboxylic acids is 1. The summed E-state index contributed by atoms with van der Waals surface area (Å²) in [7, 11) is -3.78. The van der Waals surface area contributed by atoms with Gasteiger partial charge in [0.15, 0.2) is 0 Å². The second-order valence-corrected chi connectivity index (χ2v) is 7.80. The lowest BCUT2D eigenvalue weighted by Gasteiger charge is -2.14. The summed E-state index contributed by atoms with van der Waals surface area (Å²) in [6.07, 6.45) is 6.95. The fourth-order valence-electron chi connectivity index (χ4n) is 2.88. The van der Waals surface area contributed by atoms with Crippen LogP contribution in [-0.2, 0) is 10.0 Å². The van der Waals surface area contributed by atoms with Crippen LogP contribution in [0.25, 0.3) is 5.69 Å². The second kappa shape index (κ2) is 6.37. The van der Waals surface area contributed by atoms with Crippen LogP contribution in [0.3, 0.4) is 0 Å². The van der Waals surface area contributed by atoms with Gasteiger partial charge in [0.1, 0.15) is 0 Å². The Morgan fingerprint density at radius 1 is 1.29 bits per heavy atom. The summed E-state index contributed by atoms with van der Waals surface area (Å²) >= 11 is 0.